The number of nitrogens with zero attached hydrogens (tertiary/aromatic N) is 2. The standard InChI is InChI=1S/C25H30N2O6/c1-26(2)13-8-14-27-22(17-9-6-7-10-18(17)31-3)21(24(29)25(27)30)23(28)16-11-12-19(32-4)20(15-16)33-5/h6-7,9-12,15,22,28H,8,13-14H2,1-5H3/b23-21+/t22-/m1/s1. The predicted octanol–water partition coefficient (Wildman–Crippen LogP) is 3.09. The van der Waals surface area contributed by atoms with Crippen molar-refractivity contribution >= 4 is 17.4 Å². The third kappa shape index (κ3) is 4.80. The molecule has 1 aliphatic heterocycles. The van der Waals surface area contributed by atoms with Crippen LogP contribution in [0.15, 0.2) is 48.0 Å². The first-order valence-corrected chi connectivity index (χ1v) is 10.6. The van der Waals surface area contributed by atoms with E-state index in [2.05, 4.69) is 0 Å². The highest BCUT2D eigenvalue weighted by atomic mass is 16.5. The van der Waals surface area contributed by atoms with E-state index in [-0.39, 0.29) is 11.3 Å². The van der Waals surface area contributed by atoms with Crippen molar-refractivity contribution in [1.82, 2.24) is 9.80 Å². The maximum absolute atomic E-state index is 13.2. The quantitative estimate of drug-likeness (QED) is 0.354. The van der Waals surface area contributed by atoms with Crippen LogP contribution >= 0.6 is 0 Å². The zero-order valence-corrected chi connectivity index (χ0v) is 19.6. The molecule has 0 spiro atoms. The van der Waals surface area contributed by atoms with Crippen LogP contribution in [0.3, 0.4) is 0 Å². The van der Waals surface area contributed by atoms with Crippen LogP contribution in [0.25, 0.3) is 5.76 Å². The molecule has 0 saturated carbocycles. The number of hydrogen-bond acceptors (Lipinski definition) is 7. The summed E-state index contributed by atoms with van der Waals surface area (Å²) in [5, 5.41) is 11.3. The van der Waals surface area contributed by atoms with Crippen LogP contribution in [0.5, 0.6) is 17.2 Å². The Morgan fingerprint density at radius 2 is 1.64 bits per heavy atom. The minimum Gasteiger partial charge on any atom is -0.507 e. The highest BCUT2D eigenvalue weighted by Gasteiger charge is 2.46. The topological polar surface area (TPSA) is 88.5 Å². The third-order valence-corrected chi connectivity index (χ3v) is 5.63. The number of ether oxygens (including phenoxy) is 3. The highest BCUT2D eigenvalue weighted by Crippen LogP contribution is 2.43. The smallest absolute Gasteiger partial charge is 0.295 e. The fraction of sp³-hybridized carbons (Fsp3) is 0.360. The number of carbonyl (C=O) groups excluding carboxylic acids is 2. The highest BCUT2D eigenvalue weighted by molar-refractivity contribution is 6.46. The Hall–Kier alpha value is -3.52. The number of likely N-dealkylation sites (tertiary alicyclic amines) is 1. The van der Waals surface area contributed by atoms with Gasteiger partial charge in [-0.25, -0.2) is 0 Å². The lowest BCUT2D eigenvalue weighted by atomic mass is 9.94. The average molecular weight is 455 g/mol. The van der Waals surface area contributed by atoms with Gasteiger partial charge in [-0.15, -0.1) is 0 Å². The number of benzene rings is 2. The molecule has 1 fully saturated rings. The summed E-state index contributed by atoms with van der Waals surface area (Å²) in [5.41, 5.74) is 0.992. The van der Waals surface area contributed by atoms with Crippen LogP contribution < -0.4 is 14.2 Å². The Kier molecular flexibility index (Phi) is 7.60. The molecule has 0 unspecified atom stereocenters. The number of aliphatic hydroxyl groups is 1. The van der Waals surface area contributed by atoms with Crippen molar-refractivity contribution in [1.29, 1.82) is 0 Å². The summed E-state index contributed by atoms with van der Waals surface area (Å²) in [4.78, 5) is 29.8. The number of methoxy groups -OCH3 is 3. The Morgan fingerprint density at radius 3 is 2.27 bits per heavy atom. The molecule has 1 atom stereocenters. The summed E-state index contributed by atoms with van der Waals surface area (Å²) < 4.78 is 16.1. The van der Waals surface area contributed by atoms with Crippen LogP contribution in [0.1, 0.15) is 23.6 Å². The first-order valence-electron chi connectivity index (χ1n) is 10.6. The molecule has 3 rings (SSSR count). The van der Waals surface area contributed by atoms with E-state index in [0.29, 0.717) is 41.3 Å². The maximum atomic E-state index is 13.2. The van der Waals surface area contributed by atoms with Crippen molar-refractivity contribution in [3.8, 4) is 17.2 Å². The molecule has 176 valence electrons. The molecule has 8 heteroatoms. The molecule has 1 heterocycles. The number of para-hydroxylation sites is 1. The molecule has 0 bridgehead atoms. The van der Waals surface area contributed by atoms with Crippen molar-refractivity contribution in [3.63, 3.8) is 0 Å². The van der Waals surface area contributed by atoms with Crippen LogP contribution in [-0.4, -0.2) is 75.1 Å². The van der Waals surface area contributed by atoms with Crippen LogP contribution in [0.2, 0.25) is 0 Å². The van der Waals surface area contributed by atoms with Gasteiger partial charge in [0.2, 0.25) is 0 Å². The van der Waals surface area contributed by atoms with Crippen LogP contribution in [0, 0.1) is 0 Å². The van der Waals surface area contributed by atoms with E-state index in [9.17, 15) is 14.7 Å². The van der Waals surface area contributed by atoms with Crippen molar-refractivity contribution in [2.24, 2.45) is 0 Å². The molecule has 33 heavy (non-hydrogen) atoms. The lowest BCUT2D eigenvalue weighted by Crippen LogP contribution is -2.32. The van der Waals surface area contributed by atoms with Crippen molar-refractivity contribution in [2.45, 2.75) is 12.5 Å². The van der Waals surface area contributed by atoms with E-state index >= 15 is 0 Å². The van der Waals surface area contributed by atoms with Gasteiger partial charge in [0.05, 0.1) is 32.9 Å². The Labute approximate surface area is 194 Å². The first kappa shape index (κ1) is 24.1. The molecule has 0 aromatic heterocycles. The van der Waals surface area contributed by atoms with Gasteiger partial charge in [0.25, 0.3) is 11.7 Å². The minimum absolute atomic E-state index is 0.0153. The average Bonchev–Trinajstić information content (AvgIpc) is 3.07. The van der Waals surface area contributed by atoms with E-state index in [0.717, 1.165) is 6.54 Å². The molecule has 1 saturated heterocycles. The third-order valence-electron chi connectivity index (χ3n) is 5.63. The lowest BCUT2D eigenvalue weighted by Gasteiger charge is -2.27. The molecule has 0 aliphatic carbocycles. The molecule has 2 aromatic carbocycles. The second kappa shape index (κ2) is 10.4. The van der Waals surface area contributed by atoms with E-state index in [1.807, 2.05) is 31.1 Å². The van der Waals surface area contributed by atoms with Crippen molar-refractivity contribution in [2.75, 3.05) is 48.5 Å². The van der Waals surface area contributed by atoms with E-state index in [1.54, 1.807) is 30.3 Å². The van der Waals surface area contributed by atoms with Gasteiger partial charge in [0.15, 0.2) is 11.5 Å². The molecular formula is C25H30N2O6. The lowest BCUT2D eigenvalue weighted by molar-refractivity contribution is -0.140. The summed E-state index contributed by atoms with van der Waals surface area (Å²) in [6.07, 6.45) is 0.669. The SMILES string of the molecule is COc1ccc(/C(O)=C2\C(=O)C(=O)N(CCCN(C)C)[C@@H]2c2ccccc2OC)cc1OC. The second-order valence-corrected chi connectivity index (χ2v) is 7.96. The maximum Gasteiger partial charge on any atom is 0.295 e. The summed E-state index contributed by atoms with van der Waals surface area (Å²) in [5.74, 6) is -0.245. The molecule has 1 N–H and O–H groups in total. The van der Waals surface area contributed by atoms with Gasteiger partial charge < -0.3 is 29.1 Å². The van der Waals surface area contributed by atoms with E-state index < -0.39 is 17.7 Å². The molecular weight excluding hydrogens is 424 g/mol. The van der Waals surface area contributed by atoms with Gasteiger partial charge in [-0.3, -0.25) is 9.59 Å². The van der Waals surface area contributed by atoms with Crippen LogP contribution in [0.4, 0.5) is 0 Å². The largest absolute Gasteiger partial charge is 0.507 e. The van der Waals surface area contributed by atoms with E-state index in [4.69, 9.17) is 14.2 Å². The van der Waals surface area contributed by atoms with Gasteiger partial charge in [0.1, 0.15) is 11.5 Å². The number of aliphatic hydroxyl groups excluding tert-OH is 1. The predicted molar refractivity (Wildman–Crippen MR) is 125 cm³/mol. The normalized spacial score (nSPS) is 17.5. The molecule has 1 aliphatic rings. The van der Waals surface area contributed by atoms with Gasteiger partial charge >= 0.3 is 0 Å². The number of hydrogen-bond donors (Lipinski definition) is 1. The Morgan fingerprint density at radius 1 is 0.970 bits per heavy atom. The van der Waals surface area contributed by atoms with E-state index in [1.165, 1.54) is 26.2 Å². The zero-order valence-electron chi connectivity index (χ0n) is 19.6. The van der Waals surface area contributed by atoms with Gasteiger partial charge in [-0.05, 0) is 51.3 Å². The number of ketones is 1. The summed E-state index contributed by atoms with van der Waals surface area (Å²) >= 11 is 0. The van der Waals surface area contributed by atoms with Gasteiger partial charge in [-0.2, -0.15) is 0 Å². The fourth-order valence-electron chi connectivity index (χ4n) is 4.02. The molecule has 1 amide bonds. The zero-order chi connectivity index (χ0) is 24.1. The summed E-state index contributed by atoms with van der Waals surface area (Å²) in [6.45, 7) is 1.10. The summed E-state index contributed by atoms with van der Waals surface area (Å²) in [6, 6.07) is 11.3. The number of carbonyl (C=O) groups is 2. The fourth-order valence-corrected chi connectivity index (χ4v) is 4.02. The monoisotopic (exact) mass is 454 g/mol. The van der Waals surface area contributed by atoms with Crippen molar-refractivity contribution in [3.05, 3.63) is 59.2 Å². The Balaban J connectivity index is 2.16. The Bertz CT molecular complexity index is 1060. The molecule has 8 nitrogen and oxygen atoms in total. The number of rotatable bonds is 9. The van der Waals surface area contributed by atoms with Gasteiger partial charge in [0, 0.05) is 17.7 Å². The number of Topliss-reactive ketones (excluding diaryl/α,β-unsaturated/α-hetero) is 1. The minimum atomic E-state index is -0.781. The van der Waals surface area contributed by atoms with Gasteiger partial charge in [-0.1, -0.05) is 18.2 Å². The second-order valence-electron chi connectivity index (χ2n) is 7.96. The van der Waals surface area contributed by atoms with Crippen molar-refractivity contribution < 1.29 is 28.9 Å². The molecule has 0 radical (unpaired) electrons. The summed E-state index contributed by atoms with van der Waals surface area (Å²) in [7, 11) is 8.43. The first-order chi connectivity index (χ1) is 15.8. The number of amides is 1. The molecule has 2 aromatic rings. The van der Waals surface area contributed by atoms with Crippen LogP contribution in [-0.2, 0) is 9.59 Å².